The minimum atomic E-state index is -0.773. The van der Waals surface area contributed by atoms with Crippen LogP contribution in [0.3, 0.4) is 0 Å². The summed E-state index contributed by atoms with van der Waals surface area (Å²) in [5, 5.41) is -1.00. The summed E-state index contributed by atoms with van der Waals surface area (Å²) >= 11 is 0. The second-order valence-corrected chi connectivity index (χ2v) is 15.9. The molecule has 0 aliphatic carbocycles. The fourth-order valence-electron chi connectivity index (χ4n) is 9.61. The molecule has 0 aliphatic heterocycles. The Hall–Kier alpha value is -8.46. The highest BCUT2D eigenvalue weighted by molar-refractivity contribution is 6.28. The normalized spacial score (nSPS) is 16.8. The van der Waals surface area contributed by atoms with Gasteiger partial charge < -0.3 is 8.83 Å². The third-order valence-electron chi connectivity index (χ3n) is 12.5. The molecule has 0 aliphatic rings. The van der Waals surface area contributed by atoms with Gasteiger partial charge in [0.2, 0.25) is 0 Å². The molecule has 2 heterocycles. The van der Waals surface area contributed by atoms with Gasteiger partial charge in [-0.05, 0) is 158 Å². The van der Waals surface area contributed by atoms with Crippen molar-refractivity contribution in [2.45, 2.75) is 0 Å². The molecule has 0 unspecified atom stereocenters. The van der Waals surface area contributed by atoms with Gasteiger partial charge in [0.05, 0.1) is 27.4 Å². The van der Waals surface area contributed by atoms with Crippen LogP contribution in [0.15, 0.2) is 215 Å². The third kappa shape index (κ3) is 4.69. The van der Waals surface area contributed by atoms with Crippen molar-refractivity contribution in [3.63, 3.8) is 0 Å². The summed E-state index contributed by atoms with van der Waals surface area (Å²) in [6.07, 6.45) is 0. The Bertz CT molecular complexity index is 5580. The number of hydrogen-bond donors (Lipinski definition) is 0. The van der Waals surface area contributed by atoms with E-state index in [1.165, 1.54) is 0 Å². The molecule has 0 atom stereocenters. The van der Waals surface area contributed by atoms with Gasteiger partial charge >= 0.3 is 0 Å². The van der Waals surface area contributed by atoms with Crippen LogP contribution in [-0.2, 0) is 0 Å². The van der Waals surface area contributed by atoms with Crippen molar-refractivity contribution in [1.82, 2.24) is 0 Å². The van der Waals surface area contributed by atoms with Crippen molar-refractivity contribution >= 4 is 109 Å². The second kappa shape index (κ2) is 12.6. The van der Waals surface area contributed by atoms with Gasteiger partial charge in [0.1, 0.15) is 22.3 Å². The SMILES string of the molecule is [2H]c1c(-c2c([2H])c([2H])c3c([2H])c([2H])c4c([2H])c([2H])c([2H])c5c([2H])c([2H])c2c3c45)c([2H])c(-c2c([2H])c([2H])c3c([2H])c([2H])c4c([2H])c([2H])c([2H])c5c([2H])c([2H])c2c3c45)c(-c2ccc3oc4ccccc4c3c2)c1-c1ccc2oc3ccccc3c2c1. The van der Waals surface area contributed by atoms with Gasteiger partial charge in [0.25, 0.3) is 0 Å². The van der Waals surface area contributed by atoms with Gasteiger partial charge in [-0.15, -0.1) is 0 Å². The number of para-hydroxylation sites is 2. The molecule has 15 aromatic rings. The summed E-state index contributed by atoms with van der Waals surface area (Å²) in [6, 6.07) is 11.3. The monoisotopic (exact) mass is 830 g/mol. The zero-order valence-corrected chi connectivity index (χ0v) is 32.9. The van der Waals surface area contributed by atoms with Gasteiger partial charge in [-0.1, -0.05) is 157 Å². The summed E-state index contributed by atoms with van der Waals surface area (Å²) in [4.78, 5) is 0. The number of benzene rings is 13. The molecular formula is C62H34O2. The van der Waals surface area contributed by atoms with Crippen LogP contribution in [0.25, 0.3) is 153 Å². The largest absolute Gasteiger partial charge is 0.456 e. The Kier molecular flexibility index (Phi) is 4.05. The molecular weight excluding hydrogens is 777 g/mol. The lowest BCUT2D eigenvalue weighted by molar-refractivity contribution is 0.668. The van der Waals surface area contributed by atoms with Crippen molar-refractivity contribution < 1.29 is 36.2 Å². The highest BCUT2D eigenvalue weighted by Crippen LogP contribution is 2.50. The molecule has 2 heteroatoms. The molecule has 15 rings (SSSR count). The number of hydrogen-bond acceptors (Lipinski definition) is 2. The average Bonchev–Trinajstić information content (AvgIpc) is 0.955. The fourth-order valence-corrected chi connectivity index (χ4v) is 9.61. The van der Waals surface area contributed by atoms with Crippen molar-refractivity contribution in [2.75, 3.05) is 0 Å². The summed E-state index contributed by atoms with van der Waals surface area (Å²) in [5.41, 5.74) is 0.746. The quantitative estimate of drug-likeness (QED) is 0.165. The summed E-state index contributed by atoms with van der Waals surface area (Å²) in [7, 11) is 0. The van der Waals surface area contributed by atoms with Gasteiger partial charge in [0.15, 0.2) is 0 Å². The zero-order valence-electron chi connectivity index (χ0n) is 52.9. The van der Waals surface area contributed by atoms with Gasteiger partial charge in [-0.25, -0.2) is 0 Å². The van der Waals surface area contributed by atoms with Crippen LogP contribution in [0.1, 0.15) is 27.4 Å². The van der Waals surface area contributed by atoms with E-state index >= 15 is 0 Å². The lowest BCUT2D eigenvalue weighted by Crippen LogP contribution is -1.95. The Balaban J connectivity index is 1.24. The number of rotatable bonds is 4. The van der Waals surface area contributed by atoms with Crippen LogP contribution >= 0.6 is 0 Å². The Morgan fingerprint density at radius 3 is 1.33 bits per heavy atom. The minimum Gasteiger partial charge on any atom is -0.456 e. The van der Waals surface area contributed by atoms with Crippen molar-refractivity contribution in [3.8, 4) is 44.5 Å². The van der Waals surface area contributed by atoms with Crippen LogP contribution in [-0.4, -0.2) is 0 Å². The highest BCUT2D eigenvalue weighted by atomic mass is 16.3. The standard InChI is InChI=1S/C62H34O2/c1-3-13-54-46(11-1)51-31-41(23-29-56(51)63-54)50-33-43(44-25-19-39-17-15-35-7-5-9-37-21-27-48(44)61(39)58(35)37)34-53(60(50)42-24-30-57-52(32-42)47-12-2-4-14-55(47)64-57)45-26-20-40-18-16-36-8-6-10-38-22-28-49(45)62(40)59(36)38/h1-34H/i5D,6D,7D,8D,9D,10D,15D,16D,17D,18D,19D,20D,21D,22D,25D,26D,27D,28D,33D,34D. The highest BCUT2D eigenvalue weighted by Gasteiger charge is 2.23. The molecule has 0 fully saturated rings. The van der Waals surface area contributed by atoms with Crippen molar-refractivity contribution in [3.05, 3.63) is 206 Å². The van der Waals surface area contributed by atoms with Crippen molar-refractivity contribution in [2.24, 2.45) is 0 Å². The second-order valence-electron chi connectivity index (χ2n) is 15.9. The predicted octanol–water partition coefficient (Wildman–Crippen LogP) is 17.9. The first kappa shape index (κ1) is 20.6. The van der Waals surface area contributed by atoms with E-state index in [-0.39, 0.29) is 92.5 Å². The van der Waals surface area contributed by atoms with E-state index in [0.717, 1.165) is 0 Å². The van der Waals surface area contributed by atoms with E-state index in [4.69, 9.17) is 18.4 Å². The zero-order chi connectivity index (χ0) is 59.0. The van der Waals surface area contributed by atoms with Crippen LogP contribution in [0, 0.1) is 0 Å². The Morgan fingerprint density at radius 1 is 0.297 bits per heavy atom. The maximum Gasteiger partial charge on any atom is 0.135 e. The van der Waals surface area contributed by atoms with Crippen LogP contribution in [0.2, 0.25) is 0 Å². The van der Waals surface area contributed by atoms with Gasteiger partial charge in [-0.3, -0.25) is 0 Å². The molecule has 0 spiro atoms. The molecule has 2 nitrogen and oxygen atoms in total. The summed E-state index contributed by atoms with van der Waals surface area (Å²) in [6.45, 7) is 0. The molecule has 64 heavy (non-hydrogen) atoms. The first-order valence-corrected chi connectivity index (χ1v) is 20.4. The first-order chi connectivity index (χ1) is 40.1. The number of fused-ring (bicyclic) bond motifs is 6. The van der Waals surface area contributed by atoms with E-state index in [0.29, 0.717) is 43.9 Å². The maximum atomic E-state index is 10.9. The summed E-state index contributed by atoms with van der Waals surface area (Å²) < 4.78 is 204. The predicted molar refractivity (Wildman–Crippen MR) is 270 cm³/mol. The Labute approximate surface area is 394 Å². The smallest absolute Gasteiger partial charge is 0.135 e. The van der Waals surface area contributed by atoms with Gasteiger partial charge in [-0.2, -0.15) is 0 Å². The average molecular weight is 831 g/mol. The Morgan fingerprint density at radius 2 is 0.734 bits per heavy atom. The third-order valence-corrected chi connectivity index (χ3v) is 12.5. The van der Waals surface area contributed by atoms with E-state index in [1.807, 2.05) is 24.3 Å². The van der Waals surface area contributed by atoms with Crippen LogP contribution < -0.4 is 0 Å². The van der Waals surface area contributed by atoms with E-state index in [9.17, 15) is 17.8 Å². The number of furan rings is 2. The molecule has 2 aromatic heterocycles. The van der Waals surface area contributed by atoms with Crippen LogP contribution in [0.4, 0.5) is 0 Å². The van der Waals surface area contributed by atoms with E-state index < -0.39 is 138 Å². The molecule has 13 aromatic carbocycles. The summed E-state index contributed by atoms with van der Waals surface area (Å²) in [5.74, 6) is 0. The van der Waals surface area contributed by atoms with E-state index in [2.05, 4.69) is 0 Å². The first-order valence-electron chi connectivity index (χ1n) is 30.4. The molecule has 0 N–H and O–H groups in total. The molecule has 0 saturated heterocycles. The molecule has 0 saturated carbocycles. The topological polar surface area (TPSA) is 26.3 Å². The molecule has 0 radical (unpaired) electrons. The van der Waals surface area contributed by atoms with E-state index in [1.54, 1.807) is 60.7 Å². The fraction of sp³-hybridized carbons (Fsp3) is 0. The van der Waals surface area contributed by atoms with Crippen molar-refractivity contribution in [1.29, 1.82) is 0 Å². The van der Waals surface area contributed by atoms with Gasteiger partial charge in [0, 0.05) is 21.5 Å². The van der Waals surface area contributed by atoms with Crippen LogP contribution in [0.5, 0.6) is 0 Å². The lowest BCUT2D eigenvalue weighted by atomic mass is 9.81. The molecule has 294 valence electrons. The lowest BCUT2D eigenvalue weighted by Gasteiger charge is -2.22. The molecule has 0 bridgehead atoms. The molecule has 0 amide bonds. The maximum absolute atomic E-state index is 10.9. The minimum absolute atomic E-state index is 0.0145.